The lowest BCUT2D eigenvalue weighted by atomic mass is 9.88. The zero-order chi connectivity index (χ0) is 17.6. The monoisotopic (exact) mass is 319 g/mol. The number of allylic oxidation sites excluding steroid dienone is 1. The number of benzene rings is 1. The molecule has 3 atom stereocenters. The highest BCUT2D eigenvalue weighted by atomic mass is 16.4. The third kappa shape index (κ3) is 6.24. The molecule has 4 N–H and O–H groups in total. The van der Waals surface area contributed by atoms with E-state index >= 15 is 0 Å². The number of carboxylic acids is 1. The Morgan fingerprint density at radius 3 is 2.30 bits per heavy atom. The quantitative estimate of drug-likeness (QED) is 0.388. The van der Waals surface area contributed by atoms with E-state index in [2.05, 4.69) is 0 Å². The van der Waals surface area contributed by atoms with Gasteiger partial charge in [0, 0.05) is 23.2 Å². The maximum absolute atomic E-state index is 12.1. The van der Waals surface area contributed by atoms with Gasteiger partial charge < -0.3 is 15.9 Å². The Morgan fingerprint density at radius 1 is 1.22 bits per heavy atom. The number of carbonyl (C=O) groups excluding carboxylic acids is 1. The van der Waals surface area contributed by atoms with Crippen molar-refractivity contribution in [2.45, 2.75) is 39.7 Å². The molecule has 23 heavy (non-hydrogen) atoms. The summed E-state index contributed by atoms with van der Waals surface area (Å²) in [6, 6.07) is 6.61. The van der Waals surface area contributed by atoms with Crippen molar-refractivity contribution in [1.29, 1.82) is 0 Å². The second-order valence-electron chi connectivity index (χ2n) is 6.16. The average Bonchev–Trinajstić information content (AvgIpc) is 2.47. The highest BCUT2D eigenvalue weighted by Crippen LogP contribution is 2.21. The molecule has 3 unspecified atom stereocenters. The van der Waals surface area contributed by atoms with Gasteiger partial charge >= 0.3 is 5.97 Å². The molecule has 0 bridgehead atoms. The summed E-state index contributed by atoms with van der Waals surface area (Å²) in [5.41, 5.74) is 6.99. The van der Waals surface area contributed by atoms with Gasteiger partial charge in [0.15, 0.2) is 5.78 Å². The van der Waals surface area contributed by atoms with E-state index in [0.29, 0.717) is 17.7 Å². The van der Waals surface area contributed by atoms with Gasteiger partial charge in [-0.1, -0.05) is 19.9 Å². The second-order valence-corrected chi connectivity index (χ2v) is 6.16. The van der Waals surface area contributed by atoms with Gasteiger partial charge in [0.2, 0.25) is 0 Å². The highest BCUT2D eigenvalue weighted by Gasteiger charge is 2.20. The van der Waals surface area contributed by atoms with E-state index in [1.165, 1.54) is 0 Å². The summed E-state index contributed by atoms with van der Waals surface area (Å²) in [4.78, 5) is 22.9. The van der Waals surface area contributed by atoms with Crippen molar-refractivity contribution >= 4 is 17.4 Å². The molecule has 0 spiro atoms. The minimum Gasteiger partial charge on any atom is -0.478 e. The minimum atomic E-state index is -0.941. The Kier molecular flexibility index (Phi) is 6.97. The van der Waals surface area contributed by atoms with Crippen LogP contribution in [0.3, 0.4) is 0 Å². The average molecular weight is 319 g/mol. The van der Waals surface area contributed by atoms with Crippen molar-refractivity contribution in [3.63, 3.8) is 0 Å². The van der Waals surface area contributed by atoms with Gasteiger partial charge in [-0.15, -0.1) is 0 Å². The molecule has 0 heterocycles. The van der Waals surface area contributed by atoms with Crippen LogP contribution >= 0.6 is 0 Å². The maximum atomic E-state index is 12.1. The number of carboxylic acid groups (broad SMARTS) is 1. The van der Waals surface area contributed by atoms with Crippen molar-refractivity contribution in [2.24, 2.45) is 11.8 Å². The van der Waals surface area contributed by atoms with E-state index in [0.717, 1.165) is 0 Å². The first-order valence-electron chi connectivity index (χ1n) is 7.69. The van der Waals surface area contributed by atoms with Crippen molar-refractivity contribution in [2.75, 3.05) is 5.73 Å². The third-order valence-corrected chi connectivity index (χ3v) is 3.90. The largest absolute Gasteiger partial charge is 0.478 e. The van der Waals surface area contributed by atoms with Gasteiger partial charge in [-0.25, -0.2) is 4.79 Å². The van der Waals surface area contributed by atoms with Crippen LogP contribution in [0.15, 0.2) is 35.9 Å². The number of rotatable bonds is 8. The number of nitrogen functional groups attached to an aromatic ring is 1. The van der Waals surface area contributed by atoms with Crippen LogP contribution in [0, 0.1) is 11.8 Å². The van der Waals surface area contributed by atoms with Gasteiger partial charge in [-0.2, -0.15) is 0 Å². The van der Waals surface area contributed by atoms with E-state index in [1.54, 1.807) is 37.3 Å². The Hall–Kier alpha value is -2.14. The maximum Gasteiger partial charge on any atom is 0.330 e. The van der Waals surface area contributed by atoms with Crippen LogP contribution in [-0.2, 0) is 4.79 Å². The summed E-state index contributed by atoms with van der Waals surface area (Å²) in [6.07, 6.45) is 1.56. The van der Waals surface area contributed by atoms with Crippen molar-refractivity contribution in [3.05, 3.63) is 41.5 Å². The fourth-order valence-corrected chi connectivity index (χ4v) is 2.49. The fourth-order valence-electron chi connectivity index (χ4n) is 2.49. The first kappa shape index (κ1) is 18.9. The van der Waals surface area contributed by atoms with Gasteiger partial charge in [-0.05, 0) is 49.4 Å². The summed E-state index contributed by atoms with van der Waals surface area (Å²) in [6.45, 7) is 5.31. The minimum absolute atomic E-state index is 0.0161. The van der Waals surface area contributed by atoms with Crippen LogP contribution in [0.5, 0.6) is 0 Å². The van der Waals surface area contributed by atoms with Gasteiger partial charge in [-0.3, -0.25) is 4.79 Å². The van der Waals surface area contributed by atoms with Crippen LogP contribution in [-0.4, -0.2) is 28.1 Å². The molecule has 0 aromatic heterocycles. The topological polar surface area (TPSA) is 101 Å². The first-order valence-corrected chi connectivity index (χ1v) is 7.69. The zero-order valence-electron chi connectivity index (χ0n) is 13.8. The second kappa shape index (κ2) is 8.48. The van der Waals surface area contributed by atoms with E-state index in [-0.39, 0.29) is 29.6 Å². The standard InChI is InChI=1S/C18H25NO4/c1-11(9-13(3)18(22)23)8-12(2)16(20)10-17(21)14-4-6-15(19)7-5-14/h4-7,9,11-12,16,20H,8,10,19H2,1-3H3,(H,22,23). The van der Waals surface area contributed by atoms with Crippen LogP contribution in [0.4, 0.5) is 5.69 Å². The van der Waals surface area contributed by atoms with Gasteiger partial charge in [0.05, 0.1) is 6.10 Å². The number of aliphatic carboxylic acids is 1. The van der Waals surface area contributed by atoms with Gasteiger partial charge in [0.25, 0.3) is 0 Å². The number of Topliss-reactive ketones (excluding diaryl/α,β-unsaturated/α-hetero) is 1. The smallest absolute Gasteiger partial charge is 0.330 e. The van der Waals surface area contributed by atoms with Gasteiger partial charge in [0.1, 0.15) is 0 Å². The van der Waals surface area contributed by atoms with Crippen LogP contribution in [0.2, 0.25) is 0 Å². The number of aliphatic hydroxyl groups is 1. The van der Waals surface area contributed by atoms with E-state index in [4.69, 9.17) is 10.8 Å². The predicted molar refractivity (Wildman–Crippen MR) is 90.1 cm³/mol. The Labute approximate surface area is 136 Å². The number of ketones is 1. The third-order valence-electron chi connectivity index (χ3n) is 3.90. The number of hydrogen-bond acceptors (Lipinski definition) is 4. The van der Waals surface area contributed by atoms with Crippen molar-refractivity contribution in [3.8, 4) is 0 Å². The lowest BCUT2D eigenvalue weighted by molar-refractivity contribution is -0.132. The Morgan fingerprint density at radius 2 is 1.78 bits per heavy atom. The Bertz CT molecular complexity index is 577. The van der Waals surface area contributed by atoms with Crippen LogP contribution < -0.4 is 5.73 Å². The molecule has 5 nitrogen and oxygen atoms in total. The molecular formula is C18H25NO4. The lowest BCUT2D eigenvalue weighted by Crippen LogP contribution is -2.23. The highest BCUT2D eigenvalue weighted by molar-refractivity contribution is 5.96. The van der Waals surface area contributed by atoms with Crippen LogP contribution in [0.25, 0.3) is 0 Å². The summed E-state index contributed by atoms with van der Waals surface area (Å²) in [7, 11) is 0. The lowest BCUT2D eigenvalue weighted by Gasteiger charge is -2.20. The molecule has 0 aliphatic carbocycles. The first-order chi connectivity index (χ1) is 10.7. The fraction of sp³-hybridized carbons (Fsp3) is 0.444. The number of anilines is 1. The molecule has 0 aliphatic heterocycles. The summed E-state index contributed by atoms with van der Waals surface area (Å²) < 4.78 is 0. The van der Waals surface area contributed by atoms with Crippen molar-refractivity contribution < 1.29 is 19.8 Å². The Balaban J connectivity index is 2.58. The molecule has 0 aliphatic rings. The summed E-state index contributed by atoms with van der Waals surface area (Å²) in [5, 5.41) is 19.1. The number of hydrogen-bond donors (Lipinski definition) is 3. The normalized spacial score (nSPS) is 15.7. The van der Waals surface area contributed by atoms with Crippen molar-refractivity contribution in [1.82, 2.24) is 0 Å². The SMILES string of the molecule is CC(=CC(C)CC(C)C(O)CC(=O)c1ccc(N)cc1)C(=O)O. The molecule has 1 aromatic carbocycles. The molecule has 5 heteroatoms. The molecule has 1 rings (SSSR count). The predicted octanol–water partition coefficient (Wildman–Crippen LogP) is 2.90. The molecule has 0 amide bonds. The molecule has 0 saturated carbocycles. The summed E-state index contributed by atoms with van der Waals surface area (Å²) >= 11 is 0. The zero-order valence-corrected chi connectivity index (χ0v) is 13.8. The molecular weight excluding hydrogens is 294 g/mol. The molecule has 1 aromatic rings. The summed E-state index contributed by atoms with van der Waals surface area (Å²) in [5.74, 6) is -1.17. The number of nitrogens with two attached hydrogens (primary N) is 1. The van der Waals surface area contributed by atoms with E-state index < -0.39 is 12.1 Å². The number of carbonyl (C=O) groups is 2. The molecule has 0 fully saturated rings. The van der Waals surface area contributed by atoms with E-state index in [1.807, 2.05) is 13.8 Å². The van der Waals surface area contributed by atoms with E-state index in [9.17, 15) is 14.7 Å². The number of aliphatic hydroxyl groups excluding tert-OH is 1. The molecule has 126 valence electrons. The molecule has 0 saturated heterocycles. The molecule has 0 radical (unpaired) electrons. The van der Waals surface area contributed by atoms with Crippen LogP contribution in [0.1, 0.15) is 44.0 Å².